The van der Waals surface area contributed by atoms with Gasteiger partial charge in [-0.2, -0.15) is 0 Å². The molecule has 3 nitrogen and oxygen atoms in total. The molecule has 1 aromatic heterocycles. The van der Waals surface area contributed by atoms with E-state index in [2.05, 4.69) is 4.74 Å². The standard InChI is InChI=1S/C11H14O3/c1-4-8(5-2)9-6-7-10(14-9)11(12)13-3/h4,6-7H,5H2,1-3H3/b8-4+. The molecule has 0 aliphatic carbocycles. The Kier molecular flexibility index (Phi) is 3.51. The van der Waals surface area contributed by atoms with Crippen LogP contribution < -0.4 is 0 Å². The lowest BCUT2D eigenvalue weighted by atomic mass is 10.1. The number of methoxy groups -OCH3 is 1. The van der Waals surface area contributed by atoms with Crippen molar-refractivity contribution in [2.75, 3.05) is 7.11 Å². The van der Waals surface area contributed by atoms with Crippen LogP contribution in [0, 0.1) is 0 Å². The molecule has 0 spiro atoms. The molecule has 1 rings (SSSR count). The molecule has 76 valence electrons. The zero-order chi connectivity index (χ0) is 10.6. The van der Waals surface area contributed by atoms with E-state index in [4.69, 9.17) is 4.42 Å². The van der Waals surface area contributed by atoms with Crippen molar-refractivity contribution in [3.63, 3.8) is 0 Å². The monoisotopic (exact) mass is 194 g/mol. The maximum absolute atomic E-state index is 11.1. The van der Waals surface area contributed by atoms with Gasteiger partial charge in [0.1, 0.15) is 5.76 Å². The SMILES string of the molecule is C/C=C(\CC)c1ccc(C(=O)OC)o1. The molecule has 0 saturated heterocycles. The van der Waals surface area contributed by atoms with Crippen LogP contribution in [0.1, 0.15) is 36.6 Å². The summed E-state index contributed by atoms with van der Waals surface area (Å²) in [4.78, 5) is 11.1. The Morgan fingerprint density at radius 2 is 2.14 bits per heavy atom. The van der Waals surface area contributed by atoms with Crippen molar-refractivity contribution in [3.05, 3.63) is 29.7 Å². The van der Waals surface area contributed by atoms with Gasteiger partial charge in [-0.05, 0) is 31.1 Å². The molecule has 14 heavy (non-hydrogen) atoms. The van der Waals surface area contributed by atoms with Gasteiger partial charge in [-0.1, -0.05) is 13.0 Å². The van der Waals surface area contributed by atoms with E-state index in [0.717, 1.165) is 17.8 Å². The maximum Gasteiger partial charge on any atom is 0.373 e. The van der Waals surface area contributed by atoms with Crippen LogP contribution in [0.4, 0.5) is 0 Å². The maximum atomic E-state index is 11.1. The molecular weight excluding hydrogens is 180 g/mol. The quantitative estimate of drug-likeness (QED) is 0.694. The van der Waals surface area contributed by atoms with Crippen LogP contribution >= 0.6 is 0 Å². The second-order valence-corrected chi connectivity index (χ2v) is 2.82. The molecule has 0 radical (unpaired) electrons. The van der Waals surface area contributed by atoms with E-state index in [1.165, 1.54) is 7.11 Å². The largest absolute Gasteiger partial charge is 0.463 e. The van der Waals surface area contributed by atoms with Gasteiger partial charge in [0.25, 0.3) is 0 Å². The third-order valence-corrected chi connectivity index (χ3v) is 2.04. The third kappa shape index (κ3) is 2.05. The highest BCUT2D eigenvalue weighted by Crippen LogP contribution is 2.20. The van der Waals surface area contributed by atoms with E-state index in [1.54, 1.807) is 12.1 Å². The smallest absolute Gasteiger partial charge is 0.373 e. The van der Waals surface area contributed by atoms with E-state index in [1.807, 2.05) is 19.9 Å². The number of esters is 1. The molecule has 0 aliphatic heterocycles. The normalized spacial score (nSPS) is 11.5. The van der Waals surface area contributed by atoms with Crippen molar-refractivity contribution in [2.24, 2.45) is 0 Å². The molecule has 0 saturated carbocycles. The van der Waals surface area contributed by atoms with E-state index >= 15 is 0 Å². The van der Waals surface area contributed by atoms with E-state index < -0.39 is 5.97 Å². The van der Waals surface area contributed by atoms with Crippen LogP contribution in [0.3, 0.4) is 0 Å². The second-order valence-electron chi connectivity index (χ2n) is 2.82. The van der Waals surface area contributed by atoms with Crippen molar-refractivity contribution in [1.29, 1.82) is 0 Å². The highest BCUT2D eigenvalue weighted by atomic mass is 16.5. The number of carbonyl (C=O) groups excluding carboxylic acids is 1. The lowest BCUT2D eigenvalue weighted by Crippen LogP contribution is -1.98. The number of rotatable bonds is 3. The third-order valence-electron chi connectivity index (χ3n) is 2.04. The van der Waals surface area contributed by atoms with Crippen molar-refractivity contribution >= 4 is 11.5 Å². The fraction of sp³-hybridized carbons (Fsp3) is 0.364. The second kappa shape index (κ2) is 4.65. The number of allylic oxidation sites excluding steroid dienone is 2. The van der Waals surface area contributed by atoms with Crippen molar-refractivity contribution in [3.8, 4) is 0 Å². The predicted octanol–water partition coefficient (Wildman–Crippen LogP) is 2.88. The Bertz CT molecular complexity index is 347. The Hall–Kier alpha value is -1.51. The number of carbonyl (C=O) groups is 1. The minimum absolute atomic E-state index is 0.246. The molecule has 0 unspecified atom stereocenters. The highest BCUT2D eigenvalue weighted by Gasteiger charge is 2.12. The van der Waals surface area contributed by atoms with Gasteiger partial charge in [-0.25, -0.2) is 4.79 Å². The van der Waals surface area contributed by atoms with Crippen LogP contribution in [0.15, 0.2) is 22.6 Å². The molecule has 0 N–H and O–H groups in total. The lowest BCUT2D eigenvalue weighted by molar-refractivity contribution is 0.0564. The molecule has 0 atom stereocenters. The summed E-state index contributed by atoms with van der Waals surface area (Å²) in [7, 11) is 1.33. The molecule has 0 amide bonds. The number of hydrogen-bond donors (Lipinski definition) is 0. The summed E-state index contributed by atoms with van der Waals surface area (Å²) in [6, 6.07) is 3.41. The summed E-state index contributed by atoms with van der Waals surface area (Å²) in [5.41, 5.74) is 1.08. The Balaban J connectivity index is 2.93. The number of ether oxygens (including phenoxy) is 1. The van der Waals surface area contributed by atoms with Gasteiger partial charge in [0.2, 0.25) is 5.76 Å². The summed E-state index contributed by atoms with van der Waals surface area (Å²) in [6.45, 7) is 3.98. The first-order valence-electron chi connectivity index (χ1n) is 4.56. The average Bonchev–Trinajstić information content (AvgIpc) is 2.68. The van der Waals surface area contributed by atoms with Gasteiger partial charge >= 0.3 is 5.97 Å². The van der Waals surface area contributed by atoms with Crippen LogP contribution in [0.5, 0.6) is 0 Å². The number of hydrogen-bond acceptors (Lipinski definition) is 3. The lowest BCUT2D eigenvalue weighted by Gasteiger charge is -1.98. The fourth-order valence-electron chi connectivity index (χ4n) is 1.24. The highest BCUT2D eigenvalue weighted by molar-refractivity contribution is 5.86. The fourth-order valence-corrected chi connectivity index (χ4v) is 1.24. The first kappa shape index (κ1) is 10.6. The summed E-state index contributed by atoms with van der Waals surface area (Å²) < 4.78 is 9.88. The first-order chi connectivity index (χ1) is 6.72. The van der Waals surface area contributed by atoms with Gasteiger partial charge in [-0.3, -0.25) is 0 Å². The predicted molar refractivity (Wildman–Crippen MR) is 54.0 cm³/mol. The molecule has 0 bridgehead atoms. The molecule has 0 aromatic carbocycles. The minimum atomic E-state index is -0.442. The topological polar surface area (TPSA) is 39.4 Å². The van der Waals surface area contributed by atoms with Crippen molar-refractivity contribution < 1.29 is 13.9 Å². The molecule has 1 aromatic rings. The summed E-state index contributed by atoms with van der Waals surface area (Å²) >= 11 is 0. The van der Waals surface area contributed by atoms with E-state index in [0.29, 0.717) is 0 Å². The van der Waals surface area contributed by atoms with Crippen molar-refractivity contribution in [1.82, 2.24) is 0 Å². The van der Waals surface area contributed by atoms with E-state index in [-0.39, 0.29) is 5.76 Å². The van der Waals surface area contributed by atoms with Gasteiger partial charge in [-0.15, -0.1) is 0 Å². The zero-order valence-corrected chi connectivity index (χ0v) is 8.66. The Morgan fingerprint density at radius 1 is 1.50 bits per heavy atom. The van der Waals surface area contributed by atoms with Crippen molar-refractivity contribution in [2.45, 2.75) is 20.3 Å². The molecule has 0 aliphatic rings. The van der Waals surface area contributed by atoms with Crippen LogP contribution in [0.2, 0.25) is 0 Å². The van der Waals surface area contributed by atoms with Gasteiger partial charge < -0.3 is 9.15 Å². The Morgan fingerprint density at radius 3 is 2.64 bits per heavy atom. The number of furan rings is 1. The first-order valence-corrected chi connectivity index (χ1v) is 4.56. The minimum Gasteiger partial charge on any atom is -0.463 e. The summed E-state index contributed by atoms with van der Waals surface area (Å²) in [5.74, 6) is 0.536. The Labute approximate surface area is 83.4 Å². The van der Waals surface area contributed by atoms with Gasteiger partial charge in [0, 0.05) is 0 Å². The van der Waals surface area contributed by atoms with E-state index in [9.17, 15) is 4.79 Å². The zero-order valence-electron chi connectivity index (χ0n) is 8.66. The summed E-state index contributed by atoms with van der Waals surface area (Å²) in [6.07, 6.45) is 2.85. The summed E-state index contributed by atoms with van der Waals surface area (Å²) in [5, 5.41) is 0. The molecular formula is C11H14O3. The average molecular weight is 194 g/mol. The van der Waals surface area contributed by atoms with Crippen LogP contribution in [-0.4, -0.2) is 13.1 Å². The van der Waals surface area contributed by atoms with Crippen LogP contribution in [0.25, 0.3) is 5.57 Å². The van der Waals surface area contributed by atoms with Gasteiger partial charge in [0.05, 0.1) is 7.11 Å². The molecule has 3 heteroatoms. The van der Waals surface area contributed by atoms with Gasteiger partial charge in [0.15, 0.2) is 0 Å². The van der Waals surface area contributed by atoms with Crippen LogP contribution in [-0.2, 0) is 4.74 Å². The molecule has 0 fully saturated rings. The molecule has 1 heterocycles.